The van der Waals surface area contributed by atoms with Crippen LogP contribution in [0.25, 0.3) is 11.3 Å². The molecule has 23 heavy (non-hydrogen) atoms. The van der Waals surface area contributed by atoms with Gasteiger partial charge in [-0.05, 0) is 18.2 Å². The van der Waals surface area contributed by atoms with Gasteiger partial charge in [0.05, 0.1) is 25.2 Å². The lowest BCUT2D eigenvalue weighted by molar-refractivity contribution is 0.102. The van der Waals surface area contributed by atoms with Crippen LogP contribution >= 0.6 is 0 Å². The molecule has 1 N–H and O–H groups in total. The molecule has 1 amide bonds. The van der Waals surface area contributed by atoms with E-state index >= 15 is 0 Å². The average molecular weight is 306 g/mol. The number of rotatable bonds is 4. The quantitative estimate of drug-likeness (QED) is 0.802. The van der Waals surface area contributed by atoms with E-state index in [0.29, 0.717) is 17.3 Å². The third-order valence-corrected chi connectivity index (χ3v) is 3.14. The topological polar surface area (TPSA) is 77.0 Å². The van der Waals surface area contributed by atoms with Crippen molar-refractivity contribution in [3.63, 3.8) is 0 Å². The van der Waals surface area contributed by atoms with Crippen LogP contribution in [0.5, 0.6) is 5.88 Å². The molecule has 0 fully saturated rings. The maximum absolute atomic E-state index is 12.3. The summed E-state index contributed by atoms with van der Waals surface area (Å²) in [4.78, 5) is 24.8. The SMILES string of the molecule is COc1cc(-c2cncc(C(=O)Nc3ccccc3)n2)ccn1. The summed E-state index contributed by atoms with van der Waals surface area (Å²) in [6.45, 7) is 0. The Morgan fingerprint density at radius 3 is 2.74 bits per heavy atom. The van der Waals surface area contributed by atoms with Crippen LogP contribution in [0.4, 0.5) is 5.69 Å². The highest BCUT2D eigenvalue weighted by Crippen LogP contribution is 2.19. The van der Waals surface area contributed by atoms with Crippen molar-refractivity contribution >= 4 is 11.6 Å². The Labute approximate surface area is 133 Å². The Hall–Kier alpha value is -3.28. The van der Waals surface area contributed by atoms with Crippen LogP contribution in [-0.2, 0) is 0 Å². The van der Waals surface area contributed by atoms with Crippen molar-refractivity contribution in [3.05, 3.63) is 66.7 Å². The van der Waals surface area contributed by atoms with Crippen LogP contribution < -0.4 is 10.1 Å². The van der Waals surface area contributed by atoms with E-state index in [2.05, 4.69) is 20.3 Å². The van der Waals surface area contributed by atoms with Crippen LogP contribution in [0.3, 0.4) is 0 Å². The lowest BCUT2D eigenvalue weighted by Gasteiger charge is -2.06. The van der Waals surface area contributed by atoms with Crippen molar-refractivity contribution in [1.82, 2.24) is 15.0 Å². The highest BCUT2D eigenvalue weighted by atomic mass is 16.5. The molecule has 2 aromatic heterocycles. The summed E-state index contributed by atoms with van der Waals surface area (Å²) < 4.78 is 5.09. The van der Waals surface area contributed by atoms with Gasteiger partial charge < -0.3 is 10.1 Å². The van der Waals surface area contributed by atoms with Gasteiger partial charge in [-0.25, -0.2) is 9.97 Å². The molecule has 6 heteroatoms. The van der Waals surface area contributed by atoms with E-state index in [1.54, 1.807) is 31.6 Å². The van der Waals surface area contributed by atoms with Gasteiger partial charge in [-0.15, -0.1) is 0 Å². The Kier molecular flexibility index (Phi) is 4.24. The number of pyridine rings is 1. The molecule has 0 aliphatic carbocycles. The van der Waals surface area contributed by atoms with Gasteiger partial charge in [-0.2, -0.15) is 0 Å². The third-order valence-electron chi connectivity index (χ3n) is 3.14. The van der Waals surface area contributed by atoms with Crippen molar-refractivity contribution in [3.8, 4) is 17.1 Å². The van der Waals surface area contributed by atoms with E-state index in [0.717, 1.165) is 5.56 Å². The van der Waals surface area contributed by atoms with Crippen LogP contribution in [0, 0.1) is 0 Å². The van der Waals surface area contributed by atoms with Crippen molar-refractivity contribution in [2.45, 2.75) is 0 Å². The average Bonchev–Trinajstić information content (AvgIpc) is 2.63. The first-order valence-corrected chi connectivity index (χ1v) is 6.95. The number of nitrogens with one attached hydrogen (secondary N) is 1. The van der Waals surface area contributed by atoms with E-state index in [4.69, 9.17) is 4.74 Å². The number of amides is 1. The molecular formula is C17H14N4O2. The molecule has 2 heterocycles. The Morgan fingerprint density at radius 1 is 1.13 bits per heavy atom. The van der Waals surface area contributed by atoms with Gasteiger partial charge in [0.1, 0.15) is 5.69 Å². The van der Waals surface area contributed by atoms with E-state index in [9.17, 15) is 4.79 Å². The summed E-state index contributed by atoms with van der Waals surface area (Å²) in [6.07, 6.45) is 4.64. The minimum Gasteiger partial charge on any atom is -0.481 e. The van der Waals surface area contributed by atoms with Crippen LogP contribution in [-0.4, -0.2) is 28.0 Å². The van der Waals surface area contributed by atoms with Gasteiger partial charge in [0.15, 0.2) is 0 Å². The zero-order valence-corrected chi connectivity index (χ0v) is 12.4. The lowest BCUT2D eigenvalue weighted by atomic mass is 10.2. The maximum Gasteiger partial charge on any atom is 0.275 e. The number of carbonyl (C=O) groups excluding carboxylic acids is 1. The summed E-state index contributed by atoms with van der Waals surface area (Å²) in [5, 5.41) is 2.78. The highest BCUT2D eigenvalue weighted by Gasteiger charge is 2.10. The van der Waals surface area contributed by atoms with E-state index in [-0.39, 0.29) is 11.6 Å². The number of benzene rings is 1. The standard InChI is InChI=1S/C17H14N4O2/c1-23-16-9-12(7-8-19-16)14-10-18-11-15(21-14)17(22)20-13-5-3-2-4-6-13/h2-11H,1H3,(H,20,22). The molecule has 0 spiro atoms. The summed E-state index contributed by atoms with van der Waals surface area (Å²) >= 11 is 0. The maximum atomic E-state index is 12.3. The zero-order chi connectivity index (χ0) is 16.1. The summed E-state index contributed by atoms with van der Waals surface area (Å²) in [6, 6.07) is 12.7. The number of para-hydroxylation sites is 1. The Balaban J connectivity index is 1.86. The molecule has 0 radical (unpaired) electrons. The largest absolute Gasteiger partial charge is 0.481 e. The summed E-state index contributed by atoms with van der Waals surface area (Å²) in [7, 11) is 1.54. The number of nitrogens with zero attached hydrogens (tertiary/aromatic N) is 3. The number of methoxy groups -OCH3 is 1. The molecule has 0 bridgehead atoms. The third kappa shape index (κ3) is 3.49. The summed E-state index contributed by atoms with van der Waals surface area (Å²) in [5.74, 6) is 0.162. The van der Waals surface area contributed by atoms with E-state index in [1.807, 2.05) is 30.3 Å². The zero-order valence-electron chi connectivity index (χ0n) is 12.4. The molecule has 0 aliphatic heterocycles. The number of carbonyl (C=O) groups is 1. The van der Waals surface area contributed by atoms with Crippen molar-refractivity contribution < 1.29 is 9.53 Å². The Bertz CT molecular complexity index is 822. The molecule has 0 saturated carbocycles. The molecule has 0 unspecified atom stereocenters. The van der Waals surface area contributed by atoms with Crippen molar-refractivity contribution in [1.29, 1.82) is 0 Å². The predicted octanol–water partition coefficient (Wildman–Crippen LogP) is 2.80. The highest BCUT2D eigenvalue weighted by molar-refractivity contribution is 6.02. The molecule has 1 aromatic carbocycles. The van der Waals surface area contributed by atoms with Crippen molar-refractivity contribution in [2.75, 3.05) is 12.4 Å². The number of ether oxygens (including phenoxy) is 1. The minimum absolute atomic E-state index is 0.238. The number of anilines is 1. The van der Waals surface area contributed by atoms with Gasteiger partial charge in [-0.3, -0.25) is 9.78 Å². The Morgan fingerprint density at radius 2 is 1.96 bits per heavy atom. The second kappa shape index (κ2) is 6.65. The number of hydrogen-bond donors (Lipinski definition) is 1. The van der Waals surface area contributed by atoms with Crippen LogP contribution in [0.1, 0.15) is 10.5 Å². The van der Waals surface area contributed by atoms with Crippen LogP contribution in [0.15, 0.2) is 61.1 Å². The van der Waals surface area contributed by atoms with Crippen LogP contribution in [0.2, 0.25) is 0 Å². The molecule has 3 aromatic rings. The van der Waals surface area contributed by atoms with Gasteiger partial charge in [0.2, 0.25) is 5.88 Å². The molecule has 0 atom stereocenters. The smallest absolute Gasteiger partial charge is 0.275 e. The fourth-order valence-electron chi connectivity index (χ4n) is 2.01. The first kappa shape index (κ1) is 14.6. The fourth-order valence-corrected chi connectivity index (χ4v) is 2.01. The molecule has 114 valence electrons. The molecule has 3 rings (SSSR count). The predicted molar refractivity (Wildman–Crippen MR) is 86.2 cm³/mol. The second-order valence-corrected chi connectivity index (χ2v) is 4.70. The second-order valence-electron chi connectivity index (χ2n) is 4.70. The minimum atomic E-state index is -0.313. The van der Waals surface area contributed by atoms with Crippen molar-refractivity contribution in [2.24, 2.45) is 0 Å². The molecule has 6 nitrogen and oxygen atoms in total. The van der Waals surface area contributed by atoms with Gasteiger partial charge in [0, 0.05) is 23.5 Å². The monoisotopic (exact) mass is 306 g/mol. The summed E-state index contributed by atoms with van der Waals surface area (Å²) in [5.41, 5.74) is 2.29. The number of hydrogen-bond acceptors (Lipinski definition) is 5. The van der Waals surface area contributed by atoms with Gasteiger partial charge >= 0.3 is 0 Å². The van der Waals surface area contributed by atoms with E-state index < -0.39 is 0 Å². The lowest BCUT2D eigenvalue weighted by Crippen LogP contribution is -2.14. The normalized spacial score (nSPS) is 10.1. The van der Waals surface area contributed by atoms with E-state index in [1.165, 1.54) is 6.20 Å². The number of aromatic nitrogens is 3. The van der Waals surface area contributed by atoms with Gasteiger partial charge in [-0.1, -0.05) is 18.2 Å². The molecular weight excluding hydrogens is 292 g/mol. The first-order valence-electron chi connectivity index (χ1n) is 6.95. The van der Waals surface area contributed by atoms with Gasteiger partial charge in [0.25, 0.3) is 5.91 Å². The fraction of sp³-hybridized carbons (Fsp3) is 0.0588. The molecule has 0 aliphatic rings. The first-order chi connectivity index (χ1) is 11.3. The molecule has 0 saturated heterocycles.